The van der Waals surface area contributed by atoms with Crippen molar-refractivity contribution < 1.29 is 16.5 Å². The maximum absolute atomic E-state index is 11.4. The van der Waals surface area contributed by atoms with Crippen LogP contribution in [0.3, 0.4) is 0 Å². The lowest BCUT2D eigenvalue weighted by molar-refractivity contribution is 0.190. The third-order valence-corrected chi connectivity index (χ3v) is 5.23. The Bertz CT molecular complexity index is 274. The van der Waals surface area contributed by atoms with E-state index in [1.807, 2.05) is 19.6 Å². The molecule has 84 valence electrons. The van der Waals surface area contributed by atoms with Crippen molar-refractivity contribution in [1.82, 2.24) is 0 Å². The maximum atomic E-state index is 11.4. The molecular weight excluding hydrogens is 220 g/mol. The van der Waals surface area contributed by atoms with Crippen LogP contribution in [0, 0.1) is 0 Å². The fraction of sp³-hybridized carbons (Fsp3) is 1.00. The summed E-state index contributed by atoms with van der Waals surface area (Å²) in [5, 5.41) is 0. The van der Waals surface area contributed by atoms with Gasteiger partial charge in [-0.05, 0) is 32.5 Å². The largest absolute Gasteiger partial charge is 0.390 e. The molecule has 0 unspecified atom stereocenters. The molecule has 1 rings (SSSR count). The topological polar surface area (TPSA) is 52.6 Å². The lowest BCUT2D eigenvalue weighted by Crippen LogP contribution is -2.31. The van der Waals surface area contributed by atoms with Crippen LogP contribution < -0.4 is 0 Å². The van der Waals surface area contributed by atoms with E-state index in [2.05, 4.69) is 0 Å². The molecule has 1 aliphatic carbocycles. The zero-order valence-electron chi connectivity index (χ0n) is 8.95. The highest BCUT2D eigenvalue weighted by molar-refractivity contribution is 7.83. The van der Waals surface area contributed by atoms with Gasteiger partial charge in [0.1, 0.15) is 0 Å². The first-order valence-electron chi connectivity index (χ1n) is 4.92. The maximum Gasteiger partial charge on any atom is 0.390 e. The van der Waals surface area contributed by atoms with Gasteiger partial charge in [0.05, 0.1) is 6.10 Å². The van der Waals surface area contributed by atoms with Gasteiger partial charge in [-0.1, -0.05) is 12.8 Å². The van der Waals surface area contributed by atoms with Gasteiger partial charge in [0.25, 0.3) is 0 Å². The summed E-state index contributed by atoms with van der Waals surface area (Å²) in [4.78, 5) is 0. The molecule has 0 aliphatic heterocycles. The predicted molar refractivity (Wildman–Crippen MR) is 56.7 cm³/mol. The molecule has 0 radical (unpaired) electrons. The quantitative estimate of drug-likeness (QED) is 0.703. The Morgan fingerprint density at radius 3 is 2.07 bits per heavy atom. The normalized spacial score (nSPS) is 20.2. The van der Waals surface area contributed by atoms with Gasteiger partial charge < -0.3 is 0 Å². The Morgan fingerprint density at radius 2 is 1.64 bits per heavy atom. The number of hydrogen-bond donors (Lipinski definition) is 0. The minimum atomic E-state index is -3.76. The number of hydrogen-bond acceptors (Lipinski definition) is 4. The minimum absolute atomic E-state index is 0.156. The Morgan fingerprint density at radius 1 is 1.14 bits per heavy atom. The van der Waals surface area contributed by atoms with E-state index in [1.54, 1.807) is 0 Å². The fourth-order valence-corrected chi connectivity index (χ4v) is 4.61. The first kappa shape index (κ1) is 12.2. The summed E-state index contributed by atoms with van der Waals surface area (Å²) in [6.07, 6.45) is 3.60. The second-order valence-corrected chi connectivity index (χ2v) is 10.5. The molecule has 4 nitrogen and oxygen atoms in total. The first-order valence-corrected chi connectivity index (χ1v) is 9.66. The average molecular weight is 238 g/mol. The van der Waals surface area contributed by atoms with Crippen LogP contribution in [-0.2, 0) is 18.5 Å². The van der Waals surface area contributed by atoms with Crippen molar-refractivity contribution in [1.29, 1.82) is 0 Å². The van der Waals surface area contributed by atoms with E-state index < -0.39 is 18.7 Å². The molecule has 0 N–H and O–H groups in total. The zero-order valence-corrected chi connectivity index (χ0v) is 10.8. The number of rotatable bonds is 4. The average Bonchev–Trinajstić information content (AvgIpc) is 2.31. The second kappa shape index (κ2) is 4.30. The van der Waals surface area contributed by atoms with Crippen molar-refractivity contribution in [3.05, 3.63) is 0 Å². The molecule has 0 aromatic carbocycles. The van der Waals surface area contributed by atoms with Crippen LogP contribution >= 0.6 is 0 Å². The van der Waals surface area contributed by atoms with E-state index in [0.717, 1.165) is 25.7 Å². The highest BCUT2D eigenvalue weighted by atomic mass is 32.3. The van der Waals surface area contributed by atoms with E-state index >= 15 is 0 Å². The standard InChI is InChI=1S/C8H18O4SSi/c1-14(2,3)12-13(9,10)11-8-6-4-5-7-8/h8H,4-7H2,1-3H3. The molecule has 1 fully saturated rings. The summed E-state index contributed by atoms with van der Waals surface area (Å²) in [5.74, 6) is 0. The van der Waals surface area contributed by atoms with Crippen LogP contribution in [0.1, 0.15) is 25.7 Å². The van der Waals surface area contributed by atoms with Crippen molar-refractivity contribution in [2.24, 2.45) is 0 Å². The molecule has 6 heteroatoms. The molecule has 0 bridgehead atoms. The van der Waals surface area contributed by atoms with Crippen LogP contribution in [-0.4, -0.2) is 22.8 Å². The third kappa shape index (κ3) is 4.54. The predicted octanol–water partition coefficient (Wildman–Crippen LogP) is 2.04. The van der Waals surface area contributed by atoms with Gasteiger partial charge in [-0.25, -0.2) is 4.18 Å². The highest BCUT2D eigenvalue weighted by Gasteiger charge is 2.29. The van der Waals surface area contributed by atoms with Crippen molar-refractivity contribution >= 4 is 18.7 Å². The van der Waals surface area contributed by atoms with Crippen LogP contribution in [0.15, 0.2) is 0 Å². The first-order chi connectivity index (χ1) is 6.29. The molecular formula is C8H18O4SSi. The third-order valence-electron chi connectivity index (χ3n) is 1.91. The molecule has 1 saturated carbocycles. The van der Waals surface area contributed by atoms with Crippen molar-refractivity contribution in [2.75, 3.05) is 0 Å². The highest BCUT2D eigenvalue weighted by Crippen LogP contribution is 2.24. The molecule has 0 amide bonds. The van der Waals surface area contributed by atoms with Crippen LogP contribution in [0.4, 0.5) is 0 Å². The molecule has 0 aromatic rings. The van der Waals surface area contributed by atoms with Crippen molar-refractivity contribution in [3.63, 3.8) is 0 Å². The molecule has 0 aromatic heterocycles. The molecule has 0 saturated heterocycles. The lowest BCUT2D eigenvalue weighted by atomic mass is 10.3. The van der Waals surface area contributed by atoms with Crippen LogP contribution in [0.25, 0.3) is 0 Å². The van der Waals surface area contributed by atoms with E-state index in [-0.39, 0.29) is 6.10 Å². The van der Waals surface area contributed by atoms with E-state index in [0.29, 0.717) is 0 Å². The second-order valence-electron chi connectivity index (χ2n) is 4.61. The van der Waals surface area contributed by atoms with E-state index in [4.69, 9.17) is 8.06 Å². The van der Waals surface area contributed by atoms with Gasteiger partial charge in [0.15, 0.2) is 0 Å². The fourth-order valence-electron chi connectivity index (χ4n) is 1.48. The summed E-state index contributed by atoms with van der Waals surface area (Å²) in [6, 6.07) is 0. The Labute approximate surface area is 87.1 Å². The van der Waals surface area contributed by atoms with Gasteiger partial charge in [0, 0.05) is 0 Å². The summed E-state index contributed by atoms with van der Waals surface area (Å²) in [7, 11) is -5.84. The molecule has 1 aliphatic rings. The molecule has 0 spiro atoms. The SMILES string of the molecule is C[Si](C)(C)OS(=O)(=O)OC1CCCC1. The summed E-state index contributed by atoms with van der Waals surface area (Å²) < 4.78 is 32.7. The molecule has 0 heterocycles. The Balaban J connectivity index is 2.49. The summed E-state index contributed by atoms with van der Waals surface area (Å²) >= 11 is 0. The molecule has 0 atom stereocenters. The summed E-state index contributed by atoms with van der Waals surface area (Å²) in [5.41, 5.74) is 0. The Hall–Kier alpha value is 0.0869. The van der Waals surface area contributed by atoms with E-state index in [9.17, 15) is 8.42 Å². The van der Waals surface area contributed by atoms with Crippen LogP contribution in [0.5, 0.6) is 0 Å². The minimum Gasteiger partial charge on any atom is -0.294 e. The van der Waals surface area contributed by atoms with Crippen LogP contribution in [0.2, 0.25) is 19.6 Å². The van der Waals surface area contributed by atoms with Gasteiger partial charge in [-0.3, -0.25) is 3.87 Å². The van der Waals surface area contributed by atoms with Crippen molar-refractivity contribution in [3.8, 4) is 0 Å². The van der Waals surface area contributed by atoms with Crippen molar-refractivity contribution in [2.45, 2.75) is 51.4 Å². The molecule has 14 heavy (non-hydrogen) atoms. The van der Waals surface area contributed by atoms with Gasteiger partial charge >= 0.3 is 10.4 Å². The van der Waals surface area contributed by atoms with E-state index in [1.165, 1.54) is 0 Å². The smallest absolute Gasteiger partial charge is 0.294 e. The van der Waals surface area contributed by atoms with Gasteiger partial charge in [-0.15, -0.1) is 0 Å². The monoisotopic (exact) mass is 238 g/mol. The summed E-state index contributed by atoms with van der Waals surface area (Å²) in [6.45, 7) is 5.47. The van der Waals surface area contributed by atoms with Gasteiger partial charge in [0.2, 0.25) is 8.32 Å². The van der Waals surface area contributed by atoms with Gasteiger partial charge in [-0.2, -0.15) is 8.42 Å². The zero-order chi connectivity index (χ0) is 10.8. The Kier molecular flexibility index (Phi) is 3.73. The lowest BCUT2D eigenvalue weighted by Gasteiger charge is -2.18.